The first-order chi connectivity index (χ1) is 15.5. The highest BCUT2D eigenvalue weighted by atomic mass is 16.5. The topological polar surface area (TPSA) is 72.6 Å². The zero-order valence-electron chi connectivity index (χ0n) is 18.1. The highest BCUT2D eigenvalue weighted by Gasteiger charge is 2.44. The maximum Gasteiger partial charge on any atom is 0.296 e. The Morgan fingerprint density at radius 1 is 1.00 bits per heavy atom. The molecule has 5 rings (SSSR count). The third-order valence-electron chi connectivity index (χ3n) is 5.68. The van der Waals surface area contributed by atoms with E-state index in [9.17, 15) is 9.59 Å². The molecule has 160 valence electrons. The predicted octanol–water partition coefficient (Wildman–Crippen LogP) is 4.95. The maximum absolute atomic E-state index is 13.6. The summed E-state index contributed by atoms with van der Waals surface area (Å²) < 4.78 is 11.6. The summed E-state index contributed by atoms with van der Waals surface area (Å²) in [5, 5.41) is 0.464. The summed E-state index contributed by atoms with van der Waals surface area (Å²) in [7, 11) is 0. The van der Waals surface area contributed by atoms with E-state index < -0.39 is 6.04 Å². The molecule has 0 saturated heterocycles. The minimum absolute atomic E-state index is 0.0635. The molecule has 1 atom stereocenters. The van der Waals surface area contributed by atoms with E-state index in [1.807, 2.05) is 63.2 Å². The summed E-state index contributed by atoms with van der Waals surface area (Å²) in [6, 6.07) is 15.9. The van der Waals surface area contributed by atoms with E-state index in [4.69, 9.17) is 9.15 Å². The largest absolute Gasteiger partial charge is 0.494 e. The Kier molecular flexibility index (Phi) is 4.78. The van der Waals surface area contributed by atoms with E-state index in [1.165, 1.54) is 0 Å². The van der Waals surface area contributed by atoms with Crippen molar-refractivity contribution in [2.75, 3.05) is 11.5 Å². The fourth-order valence-corrected chi connectivity index (χ4v) is 4.20. The lowest BCUT2D eigenvalue weighted by atomic mass is 9.98. The molecule has 1 amide bonds. The van der Waals surface area contributed by atoms with E-state index in [0.717, 1.165) is 22.4 Å². The van der Waals surface area contributed by atoms with Gasteiger partial charge in [0.05, 0.1) is 23.6 Å². The van der Waals surface area contributed by atoms with Crippen molar-refractivity contribution in [2.45, 2.75) is 26.8 Å². The van der Waals surface area contributed by atoms with Crippen LogP contribution in [0.4, 0.5) is 5.82 Å². The van der Waals surface area contributed by atoms with Gasteiger partial charge in [-0.25, -0.2) is 4.98 Å². The molecule has 6 nitrogen and oxygen atoms in total. The number of nitrogens with zero attached hydrogens (tertiary/aromatic N) is 2. The molecule has 1 aliphatic heterocycles. The first-order valence-corrected chi connectivity index (χ1v) is 10.5. The standard InChI is InChI=1S/C26H22N2O4/c1-4-31-18-8-6-17(7-9-18)23-22-24(29)19-13-15(2)5-10-20(19)32-25(22)26(30)28(23)21-14-16(3)11-12-27-21/h5-14,23H,4H2,1-3H3. The number of carbonyl (C=O) groups excluding carboxylic acids is 1. The molecule has 4 aromatic rings. The number of hydrogen-bond donors (Lipinski definition) is 0. The van der Waals surface area contributed by atoms with Gasteiger partial charge in [-0.1, -0.05) is 23.8 Å². The summed E-state index contributed by atoms with van der Waals surface area (Å²) in [6.07, 6.45) is 1.66. The number of anilines is 1. The van der Waals surface area contributed by atoms with Crippen molar-refractivity contribution in [3.05, 3.63) is 99.0 Å². The summed E-state index contributed by atoms with van der Waals surface area (Å²) in [5.74, 6) is 0.882. The van der Waals surface area contributed by atoms with E-state index in [2.05, 4.69) is 4.98 Å². The number of fused-ring (bicyclic) bond motifs is 2. The molecule has 2 aromatic heterocycles. The Bertz CT molecular complexity index is 1410. The van der Waals surface area contributed by atoms with Gasteiger partial charge in [0.1, 0.15) is 17.2 Å². The fraction of sp³-hybridized carbons (Fsp3) is 0.192. The molecule has 3 heterocycles. The molecule has 0 aliphatic carbocycles. The number of benzene rings is 2. The van der Waals surface area contributed by atoms with Gasteiger partial charge in [-0.2, -0.15) is 0 Å². The smallest absolute Gasteiger partial charge is 0.296 e. The van der Waals surface area contributed by atoms with E-state index in [1.54, 1.807) is 23.2 Å². The molecule has 0 radical (unpaired) electrons. The first kappa shape index (κ1) is 20.0. The molecule has 0 spiro atoms. The number of aromatic nitrogens is 1. The number of pyridine rings is 1. The Hall–Kier alpha value is -3.93. The van der Waals surface area contributed by atoms with Crippen LogP contribution < -0.4 is 15.1 Å². The van der Waals surface area contributed by atoms with Crippen LogP contribution in [0.15, 0.2) is 70.0 Å². The van der Waals surface area contributed by atoms with Gasteiger partial charge in [-0.3, -0.25) is 14.5 Å². The molecule has 1 aliphatic rings. The van der Waals surface area contributed by atoms with Crippen molar-refractivity contribution in [1.82, 2.24) is 4.98 Å². The van der Waals surface area contributed by atoms with Crippen LogP contribution in [0.1, 0.15) is 45.8 Å². The van der Waals surface area contributed by atoms with Crippen LogP contribution in [0.25, 0.3) is 11.0 Å². The van der Waals surface area contributed by atoms with E-state index in [-0.39, 0.29) is 17.1 Å². The van der Waals surface area contributed by atoms with Crippen molar-refractivity contribution in [1.29, 1.82) is 0 Å². The number of hydrogen-bond acceptors (Lipinski definition) is 5. The van der Waals surface area contributed by atoms with Crippen molar-refractivity contribution >= 4 is 22.7 Å². The van der Waals surface area contributed by atoms with Crippen LogP contribution in [0.5, 0.6) is 5.75 Å². The summed E-state index contributed by atoms with van der Waals surface area (Å²) in [5.41, 5.74) is 3.22. The Labute approximate surface area is 185 Å². The molecule has 0 bridgehead atoms. The molecule has 2 aromatic carbocycles. The number of carbonyl (C=O) groups is 1. The number of ether oxygens (including phenoxy) is 1. The second kappa shape index (κ2) is 7.64. The molecule has 0 saturated carbocycles. The fourth-order valence-electron chi connectivity index (χ4n) is 4.20. The average molecular weight is 426 g/mol. The van der Waals surface area contributed by atoms with Crippen molar-refractivity contribution < 1.29 is 13.9 Å². The van der Waals surface area contributed by atoms with E-state index in [0.29, 0.717) is 29.0 Å². The van der Waals surface area contributed by atoms with Gasteiger partial charge in [0.25, 0.3) is 5.91 Å². The van der Waals surface area contributed by atoms with Gasteiger partial charge in [0, 0.05) is 6.20 Å². The van der Waals surface area contributed by atoms with Gasteiger partial charge >= 0.3 is 0 Å². The summed E-state index contributed by atoms with van der Waals surface area (Å²) in [4.78, 5) is 33.2. The van der Waals surface area contributed by atoms with Crippen molar-refractivity contribution in [3.8, 4) is 5.75 Å². The molecule has 0 fully saturated rings. The molecular formula is C26H22N2O4. The maximum atomic E-state index is 13.6. The quantitative estimate of drug-likeness (QED) is 0.462. The van der Waals surface area contributed by atoms with Gasteiger partial charge in [0.2, 0.25) is 5.76 Å². The average Bonchev–Trinajstić information content (AvgIpc) is 3.08. The molecule has 6 heteroatoms. The van der Waals surface area contributed by atoms with Gasteiger partial charge in [-0.15, -0.1) is 0 Å². The van der Waals surface area contributed by atoms with Gasteiger partial charge in [-0.05, 0) is 68.3 Å². The Morgan fingerprint density at radius 2 is 1.75 bits per heavy atom. The number of amides is 1. The van der Waals surface area contributed by atoms with Crippen LogP contribution >= 0.6 is 0 Å². The van der Waals surface area contributed by atoms with Crippen LogP contribution in [-0.4, -0.2) is 17.5 Å². The van der Waals surface area contributed by atoms with Gasteiger partial charge in [0.15, 0.2) is 5.43 Å². The second-order valence-corrected chi connectivity index (χ2v) is 7.94. The molecule has 1 unspecified atom stereocenters. The predicted molar refractivity (Wildman–Crippen MR) is 122 cm³/mol. The third kappa shape index (κ3) is 3.15. The Morgan fingerprint density at radius 3 is 2.47 bits per heavy atom. The molecule has 32 heavy (non-hydrogen) atoms. The minimum atomic E-state index is -0.649. The minimum Gasteiger partial charge on any atom is -0.494 e. The molecular weight excluding hydrogens is 404 g/mol. The highest BCUT2D eigenvalue weighted by Crippen LogP contribution is 2.41. The second-order valence-electron chi connectivity index (χ2n) is 7.94. The SMILES string of the molecule is CCOc1ccc(C2c3c(oc4ccc(C)cc4c3=O)C(=O)N2c2cc(C)ccn2)cc1. The summed E-state index contributed by atoms with van der Waals surface area (Å²) >= 11 is 0. The van der Waals surface area contributed by atoms with Crippen LogP contribution in [0, 0.1) is 13.8 Å². The lowest BCUT2D eigenvalue weighted by Gasteiger charge is -2.24. The third-order valence-corrected chi connectivity index (χ3v) is 5.68. The normalized spacial score (nSPS) is 15.3. The van der Waals surface area contributed by atoms with Crippen LogP contribution in [0.2, 0.25) is 0 Å². The molecule has 0 N–H and O–H groups in total. The lowest BCUT2D eigenvalue weighted by Crippen LogP contribution is -2.30. The van der Waals surface area contributed by atoms with Gasteiger partial charge < -0.3 is 9.15 Å². The Balaban J connectivity index is 1.77. The lowest BCUT2D eigenvalue weighted by molar-refractivity contribution is 0.0970. The zero-order valence-corrected chi connectivity index (χ0v) is 18.1. The van der Waals surface area contributed by atoms with Crippen LogP contribution in [-0.2, 0) is 0 Å². The van der Waals surface area contributed by atoms with Crippen molar-refractivity contribution in [3.63, 3.8) is 0 Å². The number of aryl methyl sites for hydroxylation is 2. The van der Waals surface area contributed by atoms with Crippen molar-refractivity contribution in [2.24, 2.45) is 0 Å². The summed E-state index contributed by atoms with van der Waals surface area (Å²) in [6.45, 7) is 6.33. The highest BCUT2D eigenvalue weighted by molar-refractivity contribution is 6.10. The van der Waals surface area contributed by atoms with Crippen LogP contribution in [0.3, 0.4) is 0 Å². The monoisotopic (exact) mass is 426 g/mol. The first-order valence-electron chi connectivity index (χ1n) is 10.5. The van der Waals surface area contributed by atoms with E-state index >= 15 is 0 Å². The zero-order chi connectivity index (χ0) is 22.4. The number of rotatable bonds is 4.